The predicted octanol–water partition coefficient (Wildman–Crippen LogP) is 0.738. The summed E-state index contributed by atoms with van der Waals surface area (Å²) in [5.74, 6) is -0.922. The molecule has 7 heteroatoms. The SMILES string of the molecule is CCN(CCC(=O)O)C(=O)Nc1cn[nH]c1. The molecule has 0 saturated heterocycles. The van der Waals surface area contributed by atoms with Crippen LogP contribution in [0.3, 0.4) is 0 Å². The van der Waals surface area contributed by atoms with E-state index < -0.39 is 5.97 Å². The Morgan fingerprint density at radius 1 is 1.62 bits per heavy atom. The largest absolute Gasteiger partial charge is 0.481 e. The van der Waals surface area contributed by atoms with Gasteiger partial charge in [-0.1, -0.05) is 0 Å². The van der Waals surface area contributed by atoms with Crippen LogP contribution in [0.2, 0.25) is 0 Å². The molecule has 1 aromatic rings. The van der Waals surface area contributed by atoms with Crippen molar-refractivity contribution in [2.45, 2.75) is 13.3 Å². The standard InChI is InChI=1S/C9H14N4O3/c1-2-13(4-3-8(14)15)9(16)12-7-5-10-11-6-7/h5-6H,2-4H2,1H3,(H,10,11)(H,12,16)(H,14,15). The number of aliphatic carboxylic acids is 1. The van der Waals surface area contributed by atoms with Crippen LogP contribution in [0.1, 0.15) is 13.3 Å². The Morgan fingerprint density at radius 2 is 2.38 bits per heavy atom. The maximum absolute atomic E-state index is 11.6. The fourth-order valence-electron chi connectivity index (χ4n) is 1.16. The molecule has 0 spiro atoms. The summed E-state index contributed by atoms with van der Waals surface area (Å²) in [5.41, 5.74) is 0.554. The van der Waals surface area contributed by atoms with Gasteiger partial charge >= 0.3 is 12.0 Å². The number of aromatic amines is 1. The molecule has 0 aliphatic carbocycles. The summed E-state index contributed by atoms with van der Waals surface area (Å²) in [7, 11) is 0. The highest BCUT2D eigenvalue weighted by Gasteiger charge is 2.13. The number of rotatable bonds is 5. The molecular weight excluding hydrogens is 212 g/mol. The third kappa shape index (κ3) is 3.60. The van der Waals surface area contributed by atoms with Crippen LogP contribution in [-0.4, -0.2) is 45.3 Å². The first-order valence-corrected chi connectivity index (χ1v) is 4.90. The summed E-state index contributed by atoms with van der Waals surface area (Å²) < 4.78 is 0. The Hall–Kier alpha value is -2.05. The van der Waals surface area contributed by atoms with E-state index in [0.717, 1.165) is 0 Å². The molecule has 1 aromatic heterocycles. The first kappa shape index (κ1) is 12.0. The molecular formula is C9H14N4O3. The van der Waals surface area contributed by atoms with Crippen LogP contribution < -0.4 is 5.32 Å². The summed E-state index contributed by atoms with van der Waals surface area (Å²) in [5, 5.41) is 17.4. The van der Waals surface area contributed by atoms with Crippen molar-refractivity contribution >= 4 is 17.7 Å². The van der Waals surface area contributed by atoms with E-state index in [1.165, 1.54) is 11.1 Å². The number of aromatic nitrogens is 2. The van der Waals surface area contributed by atoms with Gasteiger partial charge < -0.3 is 15.3 Å². The zero-order valence-corrected chi connectivity index (χ0v) is 8.93. The van der Waals surface area contributed by atoms with Crippen molar-refractivity contribution in [3.05, 3.63) is 12.4 Å². The summed E-state index contributed by atoms with van der Waals surface area (Å²) in [4.78, 5) is 23.4. The first-order chi connectivity index (χ1) is 7.63. The lowest BCUT2D eigenvalue weighted by atomic mass is 10.4. The minimum absolute atomic E-state index is 0.0629. The summed E-state index contributed by atoms with van der Waals surface area (Å²) in [6.07, 6.45) is 2.96. The quantitative estimate of drug-likeness (QED) is 0.689. The molecule has 2 amide bonds. The van der Waals surface area contributed by atoms with Gasteiger partial charge in [-0.2, -0.15) is 5.10 Å². The minimum Gasteiger partial charge on any atom is -0.481 e. The zero-order chi connectivity index (χ0) is 12.0. The molecule has 1 rings (SSSR count). The average molecular weight is 226 g/mol. The molecule has 0 atom stereocenters. The third-order valence-electron chi connectivity index (χ3n) is 2.01. The fraction of sp³-hybridized carbons (Fsp3) is 0.444. The topological polar surface area (TPSA) is 98.3 Å². The van der Waals surface area contributed by atoms with Crippen molar-refractivity contribution in [2.24, 2.45) is 0 Å². The smallest absolute Gasteiger partial charge is 0.321 e. The molecule has 0 aliphatic heterocycles. The fourth-order valence-corrected chi connectivity index (χ4v) is 1.16. The van der Waals surface area contributed by atoms with Crippen molar-refractivity contribution in [2.75, 3.05) is 18.4 Å². The van der Waals surface area contributed by atoms with Crippen LogP contribution in [0.15, 0.2) is 12.4 Å². The van der Waals surface area contributed by atoms with Gasteiger partial charge in [-0.15, -0.1) is 0 Å². The summed E-state index contributed by atoms with van der Waals surface area (Å²) >= 11 is 0. The van der Waals surface area contributed by atoms with Gasteiger partial charge in [0.1, 0.15) is 0 Å². The zero-order valence-electron chi connectivity index (χ0n) is 8.93. The molecule has 16 heavy (non-hydrogen) atoms. The molecule has 3 N–H and O–H groups in total. The highest BCUT2D eigenvalue weighted by molar-refractivity contribution is 5.89. The number of carbonyl (C=O) groups is 2. The Kier molecular flexibility index (Phi) is 4.31. The van der Waals surface area contributed by atoms with Gasteiger partial charge in [0, 0.05) is 19.3 Å². The lowest BCUT2D eigenvalue weighted by Crippen LogP contribution is -2.36. The van der Waals surface area contributed by atoms with E-state index in [9.17, 15) is 9.59 Å². The van der Waals surface area contributed by atoms with Gasteiger partial charge in [0.2, 0.25) is 0 Å². The number of hydrogen-bond donors (Lipinski definition) is 3. The van der Waals surface area contributed by atoms with Crippen molar-refractivity contribution in [3.63, 3.8) is 0 Å². The van der Waals surface area contributed by atoms with E-state index in [-0.39, 0.29) is 19.0 Å². The minimum atomic E-state index is -0.922. The lowest BCUT2D eigenvalue weighted by Gasteiger charge is -2.19. The second-order valence-corrected chi connectivity index (χ2v) is 3.14. The number of carbonyl (C=O) groups excluding carboxylic acids is 1. The highest BCUT2D eigenvalue weighted by Crippen LogP contribution is 2.03. The predicted molar refractivity (Wildman–Crippen MR) is 57.1 cm³/mol. The number of amides is 2. The Morgan fingerprint density at radius 3 is 2.88 bits per heavy atom. The molecule has 0 unspecified atom stereocenters. The number of hydrogen-bond acceptors (Lipinski definition) is 3. The maximum Gasteiger partial charge on any atom is 0.321 e. The first-order valence-electron chi connectivity index (χ1n) is 4.90. The lowest BCUT2D eigenvalue weighted by molar-refractivity contribution is -0.137. The molecule has 88 valence electrons. The molecule has 0 saturated carbocycles. The average Bonchev–Trinajstić information content (AvgIpc) is 2.71. The van der Waals surface area contributed by atoms with Crippen LogP contribution in [0.4, 0.5) is 10.5 Å². The monoisotopic (exact) mass is 226 g/mol. The van der Waals surface area contributed by atoms with Crippen molar-refractivity contribution in [3.8, 4) is 0 Å². The van der Waals surface area contributed by atoms with E-state index in [2.05, 4.69) is 15.5 Å². The third-order valence-corrected chi connectivity index (χ3v) is 2.01. The van der Waals surface area contributed by atoms with E-state index >= 15 is 0 Å². The normalized spacial score (nSPS) is 9.81. The van der Waals surface area contributed by atoms with Gasteiger partial charge in [0.15, 0.2) is 0 Å². The number of nitrogens with one attached hydrogen (secondary N) is 2. The molecule has 7 nitrogen and oxygen atoms in total. The van der Waals surface area contributed by atoms with Crippen molar-refractivity contribution in [1.29, 1.82) is 0 Å². The van der Waals surface area contributed by atoms with Crippen molar-refractivity contribution in [1.82, 2.24) is 15.1 Å². The number of urea groups is 1. The molecule has 1 heterocycles. The Labute approximate surface area is 92.4 Å². The number of carboxylic acid groups (broad SMARTS) is 1. The number of H-pyrrole nitrogens is 1. The maximum atomic E-state index is 11.6. The molecule has 0 radical (unpaired) electrons. The van der Waals surface area contributed by atoms with Gasteiger partial charge in [-0.05, 0) is 6.92 Å². The molecule has 0 aromatic carbocycles. The second-order valence-electron chi connectivity index (χ2n) is 3.14. The van der Waals surface area contributed by atoms with E-state index in [0.29, 0.717) is 12.2 Å². The van der Waals surface area contributed by atoms with Gasteiger partial charge in [0.05, 0.1) is 18.3 Å². The molecule has 0 fully saturated rings. The van der Waals surface area contributed by atoms with Crippen molar-refractivity contribution < 1.29 is 14.7 Å². The van der Waals surface area contributed by atoms with Crippen LogP contribution in [0.5, 0.6) is 0 Å². The van der Waals surface area contributed by atoms with E-state index in [1.807, 2.05) is 0 Å². The van der Waals surface area contributed by atoms with E-state index in [4.69, 9.17) is 5.11 Å². The second kappa shape index (κ2) is 5.74. The summed E-state index contributed by atoms with van der Waals surface area (Å²) in [6.45, 7) is 2.43. The van der Waals surface area contributed by atoms with E-state index in [1.54, 1.807) is 13.1 Å². The van der Waals surface area contributed by atoms with Crippen LogP contribution in [0.25, 0.3) is 0 Å². The Balaban J connectivity index is 2.46. The number of nitrogens with zero attached hydrogens (tertiary/aromatic N) is 2. The number of carboxylic acids is 1. The molecule has 0 bridgehead atoms. The Bertz CT molecular complexity index is 350. The molecule has 0 aliphatic rings. The van der Waals surface area contributed by atoms with Gasteiger partial charge in [-0.25, -0.2) is 4.79 Å². The summed E-state index contributed by atoms with van der Waals surface area (Å²) in [6, 6.07) is -0.329. The van der Waals surface area contributed by atoms with Crippen LogP contribution in [-0.2, 0) is 4.79 Å². The highest BCUT2D eigenvalue weighted by atomic mass is 16.4. The van der Waals surface area contributed by atoms with Crippen LogP contribution >= 0.6 is 0 Å². The van der Waals surface area contributed by atoms with Gasteiger partial charge in [0.25, 0.3) is 0 Å². The van der Waals surface area contributed by atoms with Crippen LogP contribution in [0, 0.1) is 0 Å². The number of anilines is 1. The van der Waals surface area contributed by atoms with Gasteiger partial charge in [-0.3, -0.25) is 9.89 Å².